The molecule has 4 rings (SSSR count). The Balaban J connectivity index is 1.52. The van der Waals surface area contributed by atoms with Crippen molar-refractivity contribution in [2.45, 2.75) is 104 Å². The zero-order valence-corrected chi connectivity index (χ0v) is 24.7. The summed E-state index contributed by atoms with van der Waals surface area (Å²) in [5, 5.41) is 15.7. The number of carbonyl (C=O) groups excluding carboxylic acids is 3. The van der Waals surface area contributed by atoms with Crippen LogP contribution in [0.15, 0.2) is 6.07 Å². The summed E-state index contributed by atoms with van der Waals surface area (Å²) in [5.41, 5.74) is 0.201. The summed E-state index contributed by atoms with van der Waals surface area (Å²) < 4.78 is 5.37. The van der Waals surface area contributed by atoms with Gasteiger partial charge in [-0.25, -0.2) is 9.59 Å². The van der Waals surface area contributed by atoms with Crippen molar-refractivity contribution in [2.24, 2.45) is 17.3 Å². The van der Waals surface area contributed by atoms with Gasteiger partial charge in [0, 0.05) is 23.4 Å². The van der Waals surface area contributed by atoms with Crippen LogP contribution in [0.1, 0.15) is 100 Å². The molecule has 3 fully saturated rings. The minimum absolute atomic E-state index is 0.00301. The number of aromatic carboxylic acids is 1. The number of hydrogen-bond donors (Lipinski definition) is 3. The minimum atomic E-state index is -1.06. The molecule has 1 aliphatic heterocycles. The van der Waals surface area contributed by atoms with Crippen LogP contribution in [0, 0.1) is 29.1 Å². The van der Waals surface area contributed by atoms with Gasteiger partial charge in [0.25, 0.3) is 0 Å². The first-order chi connectivity index (χ1) is 18.9. The van der Waals surface area contributed by atoms with Crippen molar-refractivity contribution in [1.29, 1.82) is 0 Å². The molecular weight excluding hydrogens is 530 g/mol. The highest BCUT2D eigenvalue weighted by Gasteiger charge is 2.38. The topological polar surface area (TPSA) is 125 Å². The van der Waals surface area contributed by atoms with E-state index in [1.165, 1.54) is 0 Å². The Labute approximate surface area is 240 Å². The third-order valence-electron chi connectivity index (χ3n) is 7.93. The molecule has 3 aliphatic rings. The number of carboxylic acids is 1. The van der Waals surface area contributed by atoms with Crippen LogP contribution in [-0.4, -0.2) is 53.7 Å². The largest absolute Gasteiger partial charge is 0.477 e. The van der Waals surface area contributed by atoms with Crippen molar-refractivity contribution in [3.63, 3.8) is 0 Å². The number of alkyl carbamates (subject to hydrolysis) is 1. The molecule has 1 saturated heterocycles. The summed E-state index contributed by atoms with van der Waals surface area (Å²) in [6.07, 6.45) is 5.29. The molecule has 0 bridgehead atoms. The monoisotopic (exact) mass is 571 g/mol. The summed E-state index contributed by atoms with van der Waals surface area (Å²) in [6.45, 7) is 8.53. The van der Waals surface area contributed by atoms with E-state index in [1.54, 1.807) is 11.0 Å². The quantitative estimate of drug-likeness (QED) is 0.416. The molecule has 0 spiro atoms. The van der Waals surface area contributed by atoms with E-state index in [-0.39, 0.29) is 46.5 Å². The van der Waals surface area contributed by atoms with Crippen molar-refractivity contribution in [3.8, 4) is 11.8 Å². The zero-order chi connectivity index (χ0) is 29.0. The number of rotatable bonds is 6. The standard InChI is InChI=1S/C30H41N3O6S/c1-18-5-7-19(8-6-18)27(35)33(24-16-23(13-14-30(2,3)4)40-26(24)28(36)37)21-11-9-20(10-12-21)32-29(38)39-22-15-25(34)31-17-22/h16,18-22H,5-12,15,17H2,1-4H3,(H,31,34)(H,32,38)(H,36,37). The molecule has 3 amide bonds. The third kappa shape index (κ3) is 7.78. The molecule has 218 valence electrons. The van der Waals surface area contributed by atoms with Gasteiger partial charge in [-0.15, -0.1) is 11.3 Å². The molecule has 2 saturated carbocycles. The van der Waals surface area contributed by atoms with Gasteiger partial charge in [0.2, 0.25) is 11.8 Å². The van der Waals surface area contributed by atoms with Crippen LogP contribution >= 0.6 is 11.3 Å². The van der Waals surface area contributed by atoms with Gasteiger partial charge in [-0.1, -0.05) is 18.8 Å². The molecule has 0 aromatic carbocycles. The van der Waals surface area contributed by atoms with E-state index in [0.29, 0.717) is 48.7 Å². The fourth-order valence-corrected chi connectivity index (χ4v) is 6.56. The molecule has 0 radical (unpaired) electrons. The van der Waals surface area contributed by atoms with E-state index in [4.69, 9.17) is 4.74 Å². The van der Waals surface area contributed by atoms with Crippen molar-refractivity contribution in [2.75, 3.05) is 11.4 Å². The van der Waals surface area contributed by atoms with Crippen molar-refractivity contribution in [1.82, 2.24) is 10.6 Å². The first kappa shape index (κ1) is 29.9. The number of hydrogen-bond acceptors (Lipinski definition) is 6. The Morgan fingerprint density at radius 1 is 1.10 bits per heavy atom. The Morgan fingerprint density at radius 2 is 1.77 bits per heavy atom. The predicted octanol–water partition coefficient (Wildman–Crippen LogP) is 4.93. The second-order valence-electron chi connectivity index (χ2n) is 12.5. The van der Waals surface area contributed by atoms with Crippen LogP contribution in [0.3, 0.4) is 0 Å². The lowest BCUT2D eigenvalue weighted by atomic mass is 9.81. The fraction of sp³-hybridized carbons (Fsp3) is 0.667. The maximum Gasteiger partial charge on any atom is 0.407 e. The minimum Gasteiger partial charge on any atom is -0.477 e. The molecule has 1 aromatic heterocycles. The van der Waals surface area contributed by atoms with Gasteiger partial charge >= 0.3 is 12.1 Å². The Bertz CT molecular complexity index is 1180. The summed E-state index contributed by atoms with van der Waals surface area (Å²) in [4.78, 5) is 52.7. The van der Waals surface area contributed by atoms with Gasteiger partial charge in [0.15, 0.2) is 0 Å². The zero-order valence-electron chi connectivity index (χ0n) is 23.9. The lowest BCUT2D eigenvalue weighted by Crippen LogP contribution is -2.49. The van der Waals surface area contributed by atoms with Gasteiger partial charge in [0.1, 0.15) is 11.0 Å². The number of anilines is 1. The normalized spacial score (nSPS) is 26.7. The number of nitrogens with zero attached hydrogens (tertiary/aromatic N) is 1. The molecule has 2 aliphatic carbocycles. The SMILES string of the molecule is CC1CCC(C(=O)N(c2cc(C#CC(C)(C)C)sc2C(=O)O)C2CCC(NC(=O)OC3CNC(=O)C3)CC2)CC1. The Morgan fingerprint density at radius 3 is 2.35 bits per heavy atom. The molecular formula is C30H41N3O6S. The number of ether oxygens (including phenoxy) is 1. The van der Waals surface area contributed by atoms with E-state index in [0.717, 1.165) is 37.0 Å². The third-order valence-corrected chi connectivity index (χ3v) is 8.95. The van der Waals surface area contributed by atoms with Crippen LogP contribution in [0.2, 0.25) is 0 Å². The first-order valence-corrected chi connectivity index (χ1v) is 15.2. The molecule has 3 N–H and O–H groups in total. The lowest BCUT2D eigenvalue weighted by Gasteiger charge is -2.39. The average Bonchev–Trinajstić information content (AvgIpc) is 3.50. The average molecular weight is 572 g/mol. The van der Waals surface area contributed by atoms with Gasteiger partial charge in [-0.05, 0) is 84.1 Å². The first-order valence-electron chi connectivity index (χ1n) is 14.4. The van der Waals surface area contributed by atoms with Crippen LogP contribution in [-0.2, 0) is 14.3 Å². The summed E-state index contributed by atoms with van der Waals surface area (Å²) in [6, 6.07) is 1.49. The lowest BCUT2D eigenvalue weighted by molar-refractivity contribution is -0.124. The van der Waals surface area contributed by atoms with Gasteiger partial charge < -0.3 is 25.4 Å². The second-order valence-corrected chi connectivity index (χ2v) is 13.5. The van der Waals surface area contributed by atoms with Crippen LogP contribution in [0.5, 0.6) is 0 Å². The smallest absolute Gasteiger partial charge is 0.407 e. The van der Waals surface area contributed by atoms with E-state index in [1.807, 2.05) is 20.8 Å². The predicted molar refractivity (Wildman–Crippen MR) is 153 cm³/mol. The van der Waals surface area contributed by atoms with E-state index in [9.17, 15) is 24.3 Å². The highest BCUT2D eigenvalue weighted by Crippen LogP contribution is 2.39. The number of nitrogens with one attached hydrogen (secondary N) is 2. The van der Waals surface area contributed by atoms with E-state index >= 15 is 0 Å². The van der Waals surface area contributed by atoms with Gasteiger partial charge in [-0.3, -0.25) is 9.59 Å². The van der Waals surface area contributed by atoms with Crippen molar-refractivity contribution in [3.05, 3.63) is 15.8 Å². The van der Waals surface area contributed by atoms with Crippen LogP contribution < -0.4 is 15.5 Å². The van der Waals surface area contributed by atoms with Crippen molar-refractivity contribution < 1.29 is 29.0 Å². The van der Waals surface area contributed by atoms with Crippen LogP contribution in [0.25, 0.3) is 0 Å². The number of thiophene rings is 1. The highest BCUT2D eigenvalue weighted by molar-refractivity contribution is 7.15. The molecule has 1 aromatic rings. The van der Waals surface area contributed by atoms with Gasteiger partial charge in [0.05, 0.1) is 23.5 Å². The number of amides is 3. The summed E-state index contributed by atoms with van der Waals surface area (Å²) in [7, 11) is 0. The van der Waals surface area contributed by atoms with Crippen LogP contribution in [0.4, 0.5) is 10.5 Å². The van der Waals surface area contributed by atoms with Gasteiger partial charge in [-0.2, -0.15) is 0 Å². The summed E-state index contributed by atoms with van der Waals surface area (Å²) in [5.74, 6) is 5.57. The maximum absolute atomic E-state index is 14.1. The Kier molecular flexibility index (Phi) is 9.44. The summed E-state index contributed by atoms with van der Waals surface area (Å²) >= 11 is 1.12. The second kappa shape index (κ2) is 12.6. The Hall–Kier alpha value is -3.06. The molecule has 9 nitrogen and oxygen atoms in total. The maximum atomic E-state index is 14.1. The van der Waals surface area contributed by atoms with Crippen molar-refractivity contribution >= 4 is 40.9 Å². The number of carbonyl (C=O) groups is 4. The molecule has 1 unspecified atom stereocenters. The molecule has 40 heavy (non-hydrogen) atoms. The van der Waals surface area contributed by atoms with E-state index < -0.39 is 18.2 Å². The fourth-order valence-electron chi connectivity index (χ4n) is 5.72. The highest BCUT2D eigenvalue weighted by atomic mass is 32.1. The van der Waals surface area contributed by atoms with E-state index in [2.05, 4.69) is 29.4 Å². The molecule has 2 heterocycles. The molecule has 1 atom stereocenters. The molecule has 10 heteroatoms. The number of carboxylic acid groups (broad SMARTS) is 1.